The minimum absolute atomic E-state index is 0.590. The molecule has 3 heteroatoms. The van der Waals surface area contributed by atoms with Gasteiger partial charge in [0.1, 0.15) is 0 Å². The maximum absolute atomic E-state index is 8.81. The molecule has 0 saturated carbocycles. The van der Waals surface area contributed by atoms with Crippen molar-refractivity contribution in [2.24, 2.45) is 5.92 Å². The molecule has 2 nitrogen and oxygen atoms in total. The minimum atomic E-state index is 0.590. The SMILES string of the molecule is CC(CS)CN(C)Cc1cccc(C#N)c1. The Kier molecular flexibility index (Phi) is 5.37. The summed E-state index contributed by atoms with van der Waals surface area (Å²) in [6, 6.07) is 9.93. The summed E-state index contributed by atoms with van der Waals surface area (Å²) in [4.78, 5) is 2.26. The van der Waals surface area contributed by atoms with E-state index in [-0.39, 0.29) is 0 Å². The van der Waals surface area contributed by atoms with Gasteiger partial charge in [-0.2, -0.15) is 17.9 Å². The van der Waals surface area contributed by atoms with Crippen molar-refractivity contribution in [1.82, 2.24) is 4.90 Å². The highest BCUT2D eigenvalue weighted by atomic mass is 32.1. The zero-order valence-corrected chi connectivity index (χ0v) is 10.7. The summed E-state index contributed by atoms with van der Waals surface area (Å²) < 4.78 is 0. The fourth-order valence-corrected chi connectivity index (χ4v) is 1.82. The van der Waals surface area contributed by atoms with E-state index < -0.39 is 0 Å². The van der Waals surface area contributed by atoms with Crippen LogP contribution in [0.15, 0.2) is 24.3 Å². The molecule has 1 aromatic carbocycles. The lowest BCUT2D eigenvalue weighted by Gasteiger charge is -2.20. The molecule has 0 saturated heterocycles. The van der Waals surface area contributed by atoms with Gasteiger partial charge in [0.05, 0.1) is 11.6 Å². The third-order valence-corrected chi connectivity index (χ3v) is 3.07. The lowest BCUT2D eigenvalue weighted by Crippen LogP contribution is -2.24. The van der Waals surface area contributed by atoms with Gasteiger partial charge in [-0.1, -0.05) is 19.1 Å². The Morgan fingerprint density at radius 1 is 1.50 bits per heavy atom. The fourth-order valence-electron chi connectivity index (χ4n) is 1.71. The van der Waals surface area contributed by atoms with Crippen molar-refractivity contribution in [3.63, 3.8) is 0 Å². The molecule has 0 spiro atoms. The van der Waals surface area contributed by atoms with E-state index >= 15 is 0 Å². The van der Waals surface area contributed by atoms with Crippen LogP contribution in [-0.2, 0) is 6.54 Å². The van der Waals surface area contributed by atoms with Gasteiger partial charge in [-0.15, -0.1) is 0 Å². The summed E-state index contributed by atoms with van der Waals surface area (Å²) >= 11 is 4.28. The molecule has 0 N–H and O–H groups in total. The molecule has 0 aliphatic heterocycles. The van der Waals surface area contributed by atoms with Crippen molar-refractivity contribution < 1.29 is 0 Å². The lowest BCUT2D eigenvalue weighted by molar-refractivity contribution is 0.290. The van der Waals surface area contributed by atoms with Gasteiger partial charge in [0.2, 0.25) is 0 Å². The number of hydrogen-bond donors (Lipinski definition) is 1. The van der Waals surface area contributed by atoms with Crippen LogP contribution in [0.1, 0.15) is 18.1 Å². The van der Waals surface area contributed by atoms with Gasteiger partial charge in [-0.05, 0) is 36.4 Å². The molecule has 0 aliphatic carbocycles. The van der Waals surface area contributed by atoms with Crippen LogP contribution in [-0.4, -0.2) is 24.2 Å². The normalized spacial score (nSPS) is 12.4. The van der Waals surface area contributed by atoms with Crippen LogP contribution in [0.2, 0.25) is 0 Å². The summed E-state index contributed by atoms with van der Waals surface area (Å²) in [7, 11) is 2.10. The van der Waals surface area contributed by atoms with Crippen LogP contribution in [0.4, 0.5) is 0 Å². The molecule has 0 fully saturated rings. The number of benzene rings is 1. The highest BCUT2D eigenvalue weighted by Gasteiger charge is 2.05. The van der Waals surface area contributed by atoms with Crippen LogP contribution in [0.25, 0.3) is 0 Å². The molecule has 86 valence electrons. The first-order valence-electron chi connectivity index (χ1n) is 5.44. The molecule has 16 heavy (non-hydrogen) atoms. The quantitative estimate of drug-likeness (QED) is 0.793. The third kappa shape index (κ3) is 4.26. The molecule has 0 radical (unpaired) electrons. The predicted octanol–water partition coefficient (Wildman–Crippen LogP) is 2.56. The Hall–Kier alpha value is -0.980. The van der Waals surface area contributed by atoms with Crippen molar-refractivity contribution in [2.75, 3.05) is 19.3 Å². The van der Waals surface area contributed by atoms with Crippen LogP contribution < -0.4 is 0 Å². The molecule has 1 aromatic rings. The number of nitriles is 1. The van der Waals surface area contributed by atoms with E-state index in [1.54, 1.807) is 0 Å². The Balaban J connectivity index is 2.56. The van der Waals surface area contributed by atoms with E-state index in [1.165, 1.54) is 5.56 Å². The first-order chi connectivity index (χ1) is 7.65. The second-order valence-electron chi connectivity index (χ2n) is 4.30. The van der Waals surface area contributed by atoms with Gasteiger partial charge in [0.15, 0.2) is 0 Å². The summed E-state index contributed by atoms with van der Waals surface area (Å²) in [6.07, 6.45) is 0. The molecule has 0 bridgehead atoms. The van der Waals surface area contributed by atoms with Crippen LogP contribution in [0, 0.1) is 17.2 Å². The third-order valence-electron chi connectivity index (χ3n) is 2.44. The highest BCUT2D eigenvalue weighted by Crippen LogP contribution is 2.08. The Morgan fingerprint density at radius 3 is 2.88 bits per heavy atom. The van der Waals surface area contributed by atoms with Crippen molar-refractivity contribution in [2.45, 2.75) is 13.5 Å². The van der Waals surface area contributed by atoms with Crippen molar-refractivity contribution in [3.05, 3.63) is 35.4 Å². The predicted molar refractivity (Wildman–Crippen MR) is 70.5 cm³/mol. The van der Waals surface area contributed by atoms with Crippen molar-refractivity contribution in [1.29, 1.82) is 5.26 Å². The average molecular weight is 234 g/mol. The second-order valence-corrected chi connectivity index (χ2v) is 4.66. The molecule has 0 amide bonds. The minimum Gasteiger partial charge on any atom is -0.302 e. The van der Waals surface area contributed by atoms with Crippen LogP contribution >= 0.6 is 12.6 Å². The molecule has 0 aromatic heterocycles. The number of nitrogens with zero attached hydrogens (tertiary/aromatic N) is 2. The monoisotopic (exact) mass is 234 g/mol. The van der Waals surface area contributed by atoms with E-state index in [9.17, 15) is 0 Å². The molecular weight excluding hydrogens is 216 g/mol. The van der Waals surface area contributed by atoms with Crippen LogP contribution in [0.5, 0.6) is 0 Å². The zero-order chi connectivity index (χ0) is 12.0. The van der Waals surface area contributed by atoms with E-state index in [0.29, 0.717) is 5.92 Å². The lowest BCUT2D eigenvalue weighted by atomic mass is 10.1. The summed E-state index contributed by atoms with van der Waals surface area (Å²) in [5.41, 5.74) is 1.92. The molecular formula is C13H18N2S. The first kappa shape index (κ1) is 13.1. The van der Waals surface area contributed by atoms with Crippen molar-refractivity contribution in [3.8, 4) is 6.07 Å². The van der Waals surface area contributed by atoms with E-state index in [0.717, 1.165) is 24.4 Å². The molecule has 1 atom stereocenters. The Bertz CT molecular complexity index is 370. The number of hydrogen-bond acceptors (Lipinski definition) is 3. The fraction of sp³-hybridized carbons (Fsp3) is 0.462. The van der Waals surface area contributed by atoms with Gasteiger partial charge in [0, 0.05) is 13.1 Å². The van der Waals surface area contributed by atoms with Gasteiger partial charge in [-0.3, -0.25) is 0 Å². The first-order valence-corrected chi connectivity index (χ1v) is 6.07. The standard InChI is InChI=1S/C13H18N2S/c1-11(10-16)8-15(2)9-13-5-3-4-12(6-13)7-14/h3-6,11,16H,8-10H2,1-2H3. The van der Waals surface area contributed by atoms with E-state index in [1.807, 2.05) is 18.2 Å². The topological polar surface area (TPSA) is 27.0 Å². The molecule has 0 aliphatic rings. The Labute approximate surface area is 103 Å². The van der Waals surface area contributed by atoms with E-state index in [2.05, 4.69) is 43.6 Å². The summed E-state index contributed by atoms with van der Waals surface area (Å²) in [6.45, 7) is 4.10. The van der Waals surface area contributed by atoms with Crippen molar-refractivity contribution >= 4 is 12.6 Å². The van der Waals surface area contributed by atoms with Gasteiger partial charge in [-0.25, -0.2) is 0 Å². The maximum atomic E-state index is 8.81. The van der Waals surface area contributed by atoms with Gasteiger partial charge >= 0.3 is 0 Å². The maximum Gasteiger partial charge on any atom is 0.0991 e. The largest absolute Gasteiger partial charge is 0.302 e. The zero-order valence-electron chi connectivity index (χ0n) is 9.85. The van der Waals surface area contributed by atoms with Gasteiger partial charge < -0.3 is 4.90 Å². The number of thiol groups is 1. The summed E-state index contributed by atoms with van der Waals surface area (Å²) in [5.74, 6) is 1.50. The average Bonchev–Trinajstić information content (AvgIpc) is 2.28. The molecule has 0 heterocycles. The highest BCUT2D eigenvalue weighted by molar-refractivity contribution is 7.80. The number of rotatable bonds is 5. The van der Waals surface area contributed by atoms with E-state index in [4.69, 9.17) is 5.26 Å². The van der Waals surface area contributed by atoms with Gasteiger partial charge in [0.25, 0.3) is 0 Å². The molecule has 1 unspecified atom stereocenters. The second kappa shape index (κ2) is 6.57. The van der Waals surface area contributed by atoms with Crippen LogP contribution in [0.3, 0.4) is 0 Å². The summed E-state index contributed by atoms with van der Waals surface area (Å²) in [5, 5.41) is 8.81. The molecule has 1 rings (SSSR count). The smallest absolute Gasteiger partial charge is 0.0991 e. The Morgan fingerprint density at radius 2 is 2.25 bits per heavy atom.